The number of ether oxygens (including phenoxy) is 1. The van der Waals surface area contributed by atoms with Crippen LogP contribution in [0.25, 0.3) is 0 Å². The quantitative estimate of drug-likeness (QED) is 0.753. The fourth-order valence-corrected chi connectivity index (χ4v) is 1.36. The molecule has 4 heteroatoms. The van der Waals surface area contributed by atoms with E-state index in [1.165, 1.54) is 12.1 Å². The Morgan fingerprint density at radius 2 is 2.27 bits per heavy atom. The Kier molecular flexibility index (Phi) is 2.85. The average molecular weight is 209 g/mol. The van der Waals surface area contributed by atoms with Crippen molar-refractivity contribution in [2.45, 2.75) is 6.42 Å². The van der Waals surface area contributed by atoms with Gasteiger partial charge in [-0.25, -0.2) is 4.39 Å². The summed E-state index contributed by atoms with van der Waals surface area (Å²) in [4.78, 5) is 13.1. The van der Waals surface area contributed by atoms with E-state index in [-0.39, 0.29) is 18.3 Å². The van der Waals surface area contributed by atoms with E-state index in [1.807, 2.05) is 0 Å². The summed E-state index contributed by atoms with van der Waals surface area (Å²) < 4.78 is 17.9. The van der Waals surface area contributed by atoms with Crippen molar-refractivity contribution in [1.29, 1.82) is 0 Å². The molecule has 1 fully saturated rings. The van der Waals surface area contributed by atoms with Gasteiger partial charge in [0.25, 0.3) is 5.91 Å². The number of hydrogen-bond acceptors (Lipinski definition) is 2. The van der Waals surface area contributed by atoms with Gasteiger partial charge in [-0.3, -0.25) is 4.79 Å². The lowest BCUT2D eigenvalue weighted by molar-refractivity contribution is -0.136. The molecule has 0 aliphatic carbocycles. The molecule has 3 nitrogen and oxygen atoms in total. The molecule has 2 rings (SSSR count). The Bertz CT molecular complexity index is 363. The monoisotopic (exact) mass is 209 g/mol. The van der Waals surface area contributed by atoms with Crippen LogP contribution in [0, 0.1) is 5.82 Å². The van der Waals surface area contributed by atoms with Crippen LogP contribution in [0.5, 0.6) is 5.75 Å². The maximum atomic E-state index is 12.8. The fraction of sp³-hybridized carbons (Fsp3) is 0.364. The van der Waals surface area contributed by atoms with E-state index in [0.717, 1.165) is 19.5 Å². The van der Waals surface area contributed by atoms with Crippen LogP contribution in [-0.4, -0.2) is 30.5 Å². The molecule has 1 aromatic rings. The number of nitrogens with zero attached hydrogens (tertiary/aromatic N) is 1. The molecule has 0 unspecified atom stereocenters. The predicted molar refractivity (Wildman–Crippen MR) is 53.1 cm³/mol. The summed E-state index contributed by atoms with van der Waals surface area (Å²) in [5.74, 6) is -0.00159. The molecule has 1 heterocycles. The topological polar surface area (TPSA) is 29.5 Å². The Hall–Kier alpha value is -1.58. The van der Waals surface area contributed by atoms with Gasteiger partial charge in [-0.05, 0) is 18.6 Å². The van der Waals surface area contributed by atoms with Gasteiger partial charge in [-0.2, -0.15) is 0 Å². The molecule has 0 spiro atoms. The molecular formula is C11H12FNO2. The van der Waals surface area contributed by atoms with Crippen LogP contribution in [0.2, 0.25) is 0 Å². The molecule has 1 saturated heterocycles. The molecule has 0 saturated carbocycles. The molecule has 80 valence electrons. The van der Waals surface area contributed by atoms with Crippen LogP contribution in [0.15, 0.2) is 24.3 Å². The maximum Gasteiger partial charge on any atom is 0.260 e. The summed E-state index contributed by atoms with van der Waals surface area (Å²) in [5.41, 5.74) is 0. The average Bonchev–Trinajstić information content (AvgIpc) is 2.12. The summed E-state index contributed by atoms with van der Waals surface area (Å²) in [7, 11) is 0. The third-order valence-corrected chi connectivity index (χ3v) is 2.37. The highest BCUT2D eigenvalue weighted by Crippen LogP contribution is 2.13. The highest BCUT2D eigenvalue weighted by atomic mass is 19.1. The summed E-state index contributed by atoms with van der Waals surface area (Å²) in [6.45, 7) is 1.61. The van der Waals surface area contributed by atoms with Crippen molar-refractivity contribution in [3.63, 3.8) is 0 Å². The third kappa shape index (κ3) is 2.46. The lowest BCUT2D eigenvalue weighted by atomic mass is 10.2. The molecular weight excluding hydrogens is 197 g/mol. The van der Waals surface area contributed by atoms with Gasteiger partial charge < -0.3 is 9.64 Å². The number of likely N-dealkylation sites (tertiary alicyclic amines) is 1. The number of carbonyl (C=O) groups excluding carboxylic acids is 1. The third-order valence-electron chi connectivity index (χ3n) is 2.37. The van der Waals surface area contributed by atoms with E-state index < -0.39 is 0 Å². The minimum absolute atomic E-state index is 0.0105. The van der Waals surface area contributed by atoms with Crippen LogP contribution in [0.4, 0.5) is 4.39 Å². The minimum Gasteiger partial charge on any atom is -0.484 e. The van der Waals surface area contributed by atoms with Gasteiger partial charge in [0.1, 0.15) is 11.6 Å². The van der Waals surface area contributed by atoms with Crippen molar-refractivity contribution in [2.75, 3.05) is 19.7 Å². The number of rotatable bonds is 3. The number of halogens is 1. The molecule has 0 bridgehead atoms. The van der Waals surface area contributed by atoms with Crippen LogP contribution in [0.1, 0.15) is 6.42 Å². The molecule has 1 aromatic carbocycles. The Morgan fingerprint density at radius 1 is 1.47 bits per heavy atom. The van der Waals surface area contributed by atoms with Gasteiger partial charge in [0.2, 0.25) is 0 Å². The summed E-state index contributed by atoms with van der Waals surface area (Å²) >= 11 is 0. The van der Waals surface area contributed by atoms with Gasteiger partial charge in [0.15, 0.2) is 6.61 Å². The second-order valence-corrected chi connectivity index (χ2v) is 3.48. The zero-order valence-electron chi connectivity index (χ0n) is 8.28. The van der Waals surface area contributed by atoms with E-state index in [0.29, 0.717) is 5.75 Å². The van der Waals surface area contributed by atoms with Gasteiger partial charge >= 0.3 is 0 Å². The van der Waals surface area contributed by atoms with E-state index in [1.54, 1.807) is 17.0 Å². The standard InChI is InChI=1S/C11H12FNO2/c12-9-3-1-4-10(7-9)15-8-11(14)13-5-2-6-13/h1,3-4,7H,2,5-6,8H2. The number of carbonyl (C=O) groups is 1. The van der Waals surface area contributed by atoms with E-state index in [2.05, 4.69) is 0 Å². The van der Waals surface area contributed by atoms with Crippen molar-refractivity contribution in [1.82, 2.24) is 4.90 Å². The Balaban J connectivity index is 1.84. The molecule has 1 amide bonds. The molecule has 0 N–H and O–H groups in total. The van der Waals surface area contributed by atoms with Crippen molar-refractivity contribution in [2.24, 2.45) is 0 Å². The lowest BCUT2D eigenvalue weighted by Gasteiger charge is -2.30. The predicted octanol–water partition coefficient (Wildman–Crippen LogP) is 1.44. The first-order valence-corrected chi connectivity index (χ1v) is 4.92. The first-order chi connectivity index (χ1) is 7.25. The second kappa shape index (κ2) is 4.29. The van der Waals surface area contributed by atoms with Gasteiger partial charge in [-0.15, -0.1) is 0 Å². The molecule has 0 radical (unpaired) electrons. The van der Waals surface area contributed by atoms with Crippen LogP contribution >= 0.6 is 0 Å². The van der Waals surface area contributed by atoms with Crippen LogP contribution < -0.4 is 4.74 Å². The van der Waals surface area contributed by atoms with Gasteiger partial charge in [0, 0.05) is 19.2 Å². The van der Waals surface area contributed by atoms with E-state index in [4.69, 9.17) is 4.74 Å². The molecule has 0 aromatic heterocycles. The van der Waals surface area contributed by atoms with Crippen LogP contribution in [-0.2, 0) is 4.79 Å². The summed E-state index contributed by atoms with van der Waals surface area (Å²) in [5, 5.41) is 0. The van der Waals surface area contributed by atoms with Crippen molar-refractivity contribution in [3.05, 3.63) is 30.1 Å². The van der Waals surface area contributed by atoms with Gasteiger partial charge in [0.05, 0.1) is 0 Å². The molecule has 1 aliphatic rings. The van der Waals surface area contributed by atoms with Crippen LogP contribution in [0.3, 0.4) is 0 Å². The molecule has 15 heavy (non-hydrogen) atoms. The summed E-state index contributed by atoms with van der Waals surface area (Å²) in [6, 6.07) is 5.79. The Labute approximate surface area is 87.5 Å². The largest absolute Gasteiger partial charge is 0.484 e. The molecule has 1 aliphatic heterocycles. The fourth-order valence-electron chi connectivity index (χ4n) is 1.36. The normalized spacial score (nSPS) is 14.6. The minimum atomic E-state index is -0.358. The number of hydrogen-bond donors (Lipinski definition) is 0. The van der Waals surface area contributed by atoms with E-state index >= 15 is 0 Å². The zero-order chi connectivity index (χ0) is 10.7. The lowest BCUT2D eigenvalue weighted by Crippen LogP contribution is -2.44. The zero-order valence-corrected chi connectivity index (χ0v) is 8.28. The smallest absolute Gasteiger partial charge is 0.260 e. The number of benzene rings is 1. The Morgan fingerprint density at radius 3 is 2.87 bits per heavy atom. The highest BCUT2D eigenvalue weighted by Gasteiger charge is 2.20. The van der Waals surface area contributed by atoms with Crippen molar-refractivity contribution >= 4 is 5.91 Å². The van der Waals surface area contributed by atoms with Crippen molar-refractivity contribution in [3.8, 4) is 5.75 Å². The highest BCUT2D eigenvalue weighted by molar-refractivity contribution is 5.78. The summed E-state index contributed by atoms with van der Waals surface area (Å²) in [6.07, 6.45) is 1.06. The first-order valence-electron chi connectivity index (χ1n) is 4.92. The van der Waals surface area contributed by atoms with Gasteiger partial charge in [-0.1, -0.05) is 6.07 Å². The second-order valence-electron chi connectivity index (χ2n) is 3.48. The first kappa shape index (κ1) is 9.96. The van der Waals surface area contributed by atoms with E-state index in [9.17, 15) is 9.18 Å². The SMILES string of the molecule is O=C(COc1cccc(F)c1)N1CCC1. The van der Waals surface area contributed by atoms with Crippen molar-refractivity contribution < 1.29 is 13.9 Å². The maximum absolute atomic E-state index is 12.8. The molecule has 0 atom stereocenters. The number of amides is 1.